The van der Waals surface area contributed by atoms with Gasteiger partial charge in [-0.25, -0.2) is 14.4 Å². The first-order valence-electron chi connectivity index (χ1n) is 12.0. The maximum atomic E-state index is 14.2. The standard InChI is InChI=1S/C28H26FN5O3/c1-18-32-14-19(15-33-18)17-36-24-10-21(29)11-25(12-24)37-23-4-2-22(3-5-23)34-16-26(28(31)27(34)13-30)20-6-8-35-9-7-20/h2-5,10-12,14-16,20H,6-9,17,31H2,1H3. The fourth-order valence-corrected chi connectivity index (χ4v) is 4.34. The van der Waals surface area contributed by atoms with Gasteiger partial charge in [0.15, 0.2) is 0 Å². The van der Waals surface area contributed by atoms with Crippen LogP contribution >= 0.6 is 0 Å². The van der Waals surface area contributed by atoms with Crippen LogP contribution in [0.2, 0.25) is 0 Å². The predicted molar refractivity (Wildman–Crippen MR) is 135 cm³/mol. The summed E-state index contributed by atoms with van der Waals surface area (Å²) in [6.07, 6.45) is 7.04. The van der Waals surface area contributed by atoms with Crippen LogP contribution in [0, 0.1) is 24.1 Å². The fraction of sp³-hybridized carbons (Fsp3) is 0.250. The van der Waals surface area contributed by atoms with E-state index in [-0.39, 0.29) is 12.5 Å². The molecule has 5 rings (SSSR count). The Bertz CT molecular complexity index is 1420. The third kappa shape index (κ3) is 5.55. The number of benzene rings is 2. The minimum Gasteiger partial charge on any atom is -0.489 e. The number of nitriles is 1. The van der Waals surface area contributed by atoms with Gasteiger partial charge in [0.25, 0.3) is 0 Å². The molecule has 37 heavy (non-hydrogen) atoms. The van der Waals surface area contributed by atoms with Gasteiger partial charge in [0.2, 0.25) is 0 Å². The first-order chi connectivity index (χ1) is 18.0. The van der Waals surface area contributed by atoms with Crippen LogP contribution in [-0.2, 0) is 11.3 Å². The van der Waals surface area contributed by atoms with Gasteiger partial charge in [-0.15, -0.1) is 0 Å². The Morgan fingerprint density at radius 3 is 2.49 bits per heavy atom. The molecule has 8 nitrogen and oxygen atoms in total. The molecule has 0 amide bonds. The van der Waals surface area contributed by atoms with Gasteiger partial charge >= 0.3 is 0 Å². The molecule has 1 aliphatic heterocycles. The molecule has 1 fully saturated rings. The second-order valence-electron chi connectivity index (χ2n) is 8.86. The highest BCUT2D eigenvalue weighted by atomic mass is 19.1. The van der Waals surface area contributed by atoms with Crippen molar-refractivity contribution < 1.29 is 18.6 Å². The molecule has 2 aromatic heterocycles. The van der Waals surface area contributed by atoms with Crippen molar-refractivity contribution in [3.8, 4) is 29.0 Å². The molecule has 4 aromatic rings. The number of ether oxygens (including phenoxy) is 3. The van der Waals surface area contributed by atoms with Crippen LogP contribution in [0.5, 0.6) is 17.2 Å². The van der Waals surface area contributed by atoms with Crippen molar-refractivity contribution in [2.45, 2.75) is 32.3 Å². The summed E-state index contributed by atoms with van der Waals surface area (Å²) in [5, 5.41) is 9.75. The molecule has 0 spiro atoms. The molecule has 3 heterocycles. The molecule has 0 atom stereocenters. The largest absolute Gasteiger partial charge is 0.489 e. The molecule has 0 unspecified atom stereocenters. The average molecular weight is 500 g/mol. The van der Waals surface area contributed by atoms with E-state index in [1.165, 1.54) is 12.1 Å². The second-order valence-corrected chi connectivity index (χ2v) is 8.86. The molecule has 2 N–H and O–H groups in total. The monoisotopic (exact) mass is 499 g/mol. The van der Waals surface area contributed by atoms with Gasteiger partial charge in [0, 0.05) is 61.3 Å². The van der Waals surface area contributed by atoms with Crippen molar-refractivity contribution in [2.24, 2.45) is 0 Å². The first kappa shape index (κ1) is 24.3. The van der Waals surface area contributed by atoms with Crippen molar-refractivity contribution in [3.63, 3.8) is 0 Å². The topological polar surface area (TPSA) is 108 Å². The Labute approximate surface area is 214 Å². The van der Waals surface area contributed by atoms with E-state index in [1.807, 2.05) is 18.3 Å². The van der Waals surface area contributed by atoms with Gasteiger partial charge in [0.1, 0.15) is 47.3 Å². The molecule has 1 saturated heterocycles. The number of nitrogen functional groups attached to an aromatic ring is 1. The van der Waals surface area contributed by atoms with E-state index in [4.69, 9.17) is 19.9 Å². The van der Waals surface area contributed by atoms with E-state index in [2.05, 4.69) is 16.0 Å². The Morgan fingerprint density at radius 2 is 1.78 bits per heavy atom. The van der Waals surface area contributed by atoms with Crippen molar-refractivity contribution in [1.82, 2.24) is 14.5 Å². The molecular formula is C28H26FN5O3. The number of rotatable bonds is 7. The zero-order valence-corrected chi connectivity index (χ0v) is 20.4. The molecule has 1 aliphatic rings. The van der Waals surface area contributed by atoms with E-state index >= 15 is 0 Å². The zero-order chi connectivity index (χ0) is 25.8. The molecule has 0 aliphatic carbocycles. The lowest BCUT2D eigenvalue weighted by atomic mass is 9.92. The Hall–Kier alpha value is -4.42. The van der Waals surface area contributed by atoms with Crippen LogP contribution < -0.4 is 15.2 Å². The summed E-state index contributed by atoms with van der Waals surface area (Å²) in [4.78, 5) is 8.26. The number of nitrogens with zero attached hydrogens (tertiary/aromatic N) is 4. The van der Waals surface area contributed by atoms with Gasteiger partial charge in [0.05, 0.1) is 5.69 Å². The van der Waals surface area contributed by atoms with Crippen molar-refractivity contribution in [3.05, 3.63) is 89.5 Å². The van der Waals surface area contributed by atoms with Gasteiger partial charge in [-0.2, -0.15) is 5.26 Å². The minimum absolute atomic E-state index is 0.203. The first-order valence-corrected chi connectivity index (χ1v) is 12.0. The van der Waals surface area contributed by atoms with Gasteiger partial charge in [-0.3, -0.25) is 0 Å². The SMILES string of the molecule is Cc1ncc(COc2cc(F)cc(Oc3ccc(-n4cc(C5CCOCC5)c(N)c4C#N)cc3)c2)cn1. The van der Waals surface area contributed by atoms with Crippen molar-refractivity contribution in [2.75, 3.05) is 18.9 Å². The Morgan fingerprint density at radius 1 is 1.08 bits per heavy atom. The van der Waals surface area contributed by atoms with Crippen LogP contribution in [0.4, 0.5) is 10.1 Å². The highest BCUT2D eigenvalue weighted by Crippen LogP contribution is 2.35. The molecule has 0 bridgehead atoms. The third-order valence-corrected chi connectivity index (χ3v) is 6.28. The molecular weight excluding hydrogens is 473 g/mol. The maximum absolute atomic E-state index is 14.2. The number of nitrogens with two attached hydrogens (primary N) is 1. The molecule has 2 aromatic carbocycles. The van der Waals surface area contributed by atoms with Gasteiger partial charge in [-0.05, 0) is 55.5 Å². The van der Waals surface area contributed by atoms with E-state index in [1.54, 1.807) is 42.1 Å². The predicted octanol–water partition coefficient (Wildman–Crippen LogP) is 5.43. The minimum atomic E-state index is -0.480. The lowest BCUT2D eigenvalue weighted by molar-refractivity contribution is 0.0855. The number of aromatic nitrogens is 3. The van der Waals surface area contributed by atoms with Gasteiger partial charge in [-0.1, -0.05) is 0 Å². The summed E-state index contributed by atoms with van der Waals surface area (Å²) in [7, 11) is 0. The molecule has 9 heteroatoms. The normalized spacial score (nSPS) is 13.8. The van der Waals surface area contributed by atoms with E-state index in [9.17, 15) is 9.65 Å². The fourth-order valence-electron chi connectivity index (χ4n) is 4.34. The quantitative estimate of drug-likeness (QED) is 0.361. The van der Waals surface area contributed by atoms with Crippen LogP contribution in [-0.4, -0.2) is 27.7 Å². The zero-order valence-electron chi connectivity index (χ0n) is 20.4. The Balaban J connectivity index is 1.31. The van der Waals surface area contributed by atoms with Crippen molar-refractivity contribution >= 4 is 5.69 Å². The smallest absolute Gasteiger partial charge is 0.148 e. The lowest BCUT2D eigenvalue weighted by Gasteiger charge is -2.21. The summed E-state index contributed by atoms with van der Waals surface area (Å²) in [5.74, 6) is 1.59. The van der Waals surface area contributed by atoms with E-state index in [0.717, 1.165) is 29.7 Å². The molecule has 0 saturated carbocycles. The van der Waals surface area contributed by atoms with Crippen LogP contribution in [0.15, 0.2) is 61.1 Å². The van der Waals surface area contributed by atoms with Crippen LogP contribution in [0.25, 0.3) is 5.69 Å². The number of hydrogen-bond donors (Lipinski definition) is 1. The lowest BCUT2D eigenvalue weighted by Crippen LogP contribution is -2.14. The molecule has 188 valence electrons. The number of halogens is 1. The highest BCUT2D eigenvalue weighted by Gasteiger charge is 2.23. The van der Waals surface area contributed by atoms with E-state index in [0.29, 0.717) is 47.7 Å². The number of anilines is 1. The Kier molecular flexibility index (Phi) is 7.01. The summed E-state index contributed by atoms with van der Waals surface area (Å²) in [5.41, 5.74) is 9.79. The number of hydrogen-bond acceptors (Lipinski definition) is 7. The third-order valence-electron chi connectivity index (χ3n) is 6.28. The maximum Gasteiger partial charge on any atom is 0.148 e. The highest BCUT2D eigenvalue weighted by molar-refractivity contribution is 5.62. The number of aryl methyl sites for hydroxylation is 1. The molecule has 0 radical (unpaired) electrons. The van der Waals surface area contributed by atoms with Gasteiger partial charge < -0.3 is 24.5 Å². The van der Waals surface area contributed by atoms with E-state index < -0.39 is 5.82 Å². The summed E-state index contributed by atoms with van der Waals surface area (Å²) >= 11 is 0. The van der Waals surface area contributed by atoms with Crippen LogP contribution in [0.1, 0.15) is 41.4 Å². The summed E-state index contributed by atoms with van der Waals surface area (Å²) in [6, 6.07) is 13.6. The second kappa shape index (κ2) is 10.7. The summed E-state index contributed by atoms with van der Waals surface area (Å²) in [6.45, 7) is 3.39. The van der Waals surface area contributed by atoms with Crippen LogP contribution in [0.3, 0.4) is 0 Å². The summed E-state index contributed by atoms with van der Waals surface area (Å²) < 4.78 is 33.1. The van der Waals surface area contributed by atoms with Crippen molar-refractivity contribution in [1.29, 1.82) is 5.26 Å². The average Bonchev–Trinajstić information content (AvgIpc) is 3.25.